The predicted octanol–water partition coefficient (Wildman–Crippen LogP) is 2.27. The van der Waals surface area contributed by atoms with E-state index >= 15 is 0 Å². The molecule has 1 N–H and O–H groups in total. The standard InChI is InChI=1S/C10H12N2/c1-3-8-4-6-9(7-5-8)10(11)12-2/h4-7,11H,2-3H2,1H3. The Labute approximate surface area is 72.5 Å². The van der Waals surface area contributed by atoms with Gasteiger partial charge in [0.15, 0.2) is 5.84 Å². The molecule has 0 aromatic heterocycles. The van der Waals surface area contributed by atoms with Crippen molar-refractivity contribution >= 4 is 12.6 Å². The van der Waals surface area contributed by atoms with Crippen LogP contribution in [-0.4, -0.2) is 12.6 Å². The van der Waals surface area contributed by atoms with Gasteiger partial charge in [0.25, 0.3) is 0 Å². The Kier molecular flexibility index (Phi) is 2.75. The summed E-state index contributed by atoms with van der Waals surface area (Å²) in [6, 6.07) is 7.82. The van der Waals surface area contributed by atoms with Crippen molar-refractivity contribution in [2.24, 2.45) is 4.99 Å². The van der Waals surface area contributed by atoms with E-state index in [1.807, 2.05) is 24.3 Å². The van der Waals surface area contributed by atoms with Crippen molar-refractivity contribution in [3.63, 3.8) is 0 Å². The second kappa shape index (κ2) is 3.81. The van der Waals surface area contributed by atoms with E-state index in [0.717, 1.165) is 12.0 Å². The van der Waals surface area contributed by atoms with Gasteiger partial charge in [-0.05, 0) is 18.7 Å². The fourth-order valence-corrected chi connectivity index (χ4v) is 0.990. The molecule has 0 fully saturated rings. The average molecular weight is 160 g/mol. The summed E-state index contributed by atoms with van der Waals surface area (Å²) >= 11 is 0. The molecule has 0 radical (unpaired) electrons. The Balaban J connectivity index is 2.91. The molecule has 2 nitrogen and oxygen atoms in total. The highest BCUT2D eigenvalue weighted by Gasteiger charge is 1.96. The molecule has 62 valence electrons. The van der Waals surface area contributed by atoms with Crippen LogP contribution in [0.15, 0.2) is 29.3 Å². The Hall–Kier alpha value is -1.44. The number of benzene rings is 1. The molecule has 0 unspecified atom stereocenters. The van der Waals surface area contributed by atoms with E-state index in [-0.39, 0.29) is 5.84 Å². The minimum absolute atomic E-state index is 0.234. The summed E-state index contributed by atoms with van der Waals surface area (Å²) in [5.41, 5.74) is 2.10. The Bertz CT molecular complexity index is 285. The first-order valence-corrected chi connectivity index (χ1v) is 3.92. The fraction of sp³-hybridized carbons (Fsp3) is 0.200. The van der Waals surface area contributed by atoms with Gasteiger partial charge in [-0.1, -0.05) is 31.2 Å². The van der Waals surface area contributed by atoms with Crippen LogP contribution in [0.5, 0.6) is 0 Å². The first-order chi connectivity index (χ1) is 5.77. The van der Waals surface area contributed by atoms with E-state index in [2.05, 4.69) is 18.6 Å². The van der Waals surface area contributed by atoms with Gasteiger partial charge >= 0.3 is 0 Å². The van der Waals surface area contributed by atoms with Crippen LogP contribution < -0.4 is 0 Å². The van der Waals surface area contributed by atoms with Crippen molar-refractivity contribution < 1.29 is 0 Å². The normalized spacial score (nSPS) is 9.42. The second-order valence-corrected chi connectivity index (χ2v) is 2.56. The third kappa shape index (κ3) is 1.78. The van der Waals surface area contributed by atoms with Gasteiger partial charge in [-0.15, -0.1) is 0 Å². The molecule has 12 heavy (non-hydrogen) atoms. The topological polar surface area (TPSA) is 36.2 Å². The molecule has 2 heteroatoms. The first kappa shape index (κ1) is 8.65. The number of aryl methyl sites for hydroxylation is 1. The summed E-state index contributed by atoms with van der Waals surface area (Å²) in [4.78, 5) is 3.55. The van der Waals surface area contributed by atoms with Crippen LogP contribution in [-0.2, 0) is 6.42 Å². The molecule has 1 aromatic rings. The minimum Gasteiger partial charge on any atom is -0.282 e. The van der Waals surface area contributed by atoms with Gasteiger partial charge in [0, 0.05) is 5.56 Å². The molecular weight excluding hydrogens is 148 g/mol. The van der Waals surface area contributed by atoms with E-state index in [0.29, 0.717) is 0 Å². The predicted molar refractivity (Wildman–Crippen MR) is 52.2 cm³/mol. The molecule has 0 saturated heterocycles. The quantitative estimate of drug-likeness (QED) is 0.509. The van der Waals surface area contributed by atoms with Crippen molar-refractivity contribution in [1.82, 2.24) is 0 Å². The van der Waals surface area contributed by atoms with Crippen LogP contribution in [0.25, 0.3) is 0 Å². The third-order valence-corrected chi connectivity index (χ3v) is 1.79. The molecule has 0 spiro atoms. The largest absolute Gasteiger partial charge is 0.282 e. The van der Waals surface area contributed by atoms with Crippen molar-refractivity contribution in [3.8, 4) is 0 Å². The summed E-state index contributed by atoms with van der Waals surface area (Å²) in [6.45, 7) is 5.41. The molecule has 0 aliphatic carbocycles. The van der Waals surface area contributed by atoms with Crippen molar-refractivity contribution in [2.45, 2.75) is 13.3 Å². The summed E-state index contributed by atoms with van der Waals surface area (Å²) < 4.78 is 0. The Morgan fingerprint density at radius 2 is 2.00 bits per heavy atom. The molecule has 0 aliphatic heterocycles. The van der Waals surface area contributed by atoms with Crippen LogP contribution in [0.4, 0.5) is 0 Å². The van der Waals surface area contributed by atoms with E-state index in [4.69, 9.17) is 5.41 Å². The molecule has 0 atom stereocenters. The van der Waals surface area contributed by atoms with Gasteiger partial charge in [-0.2, -0.15) is 0 Å². The van der Waals surface area contributed by atoms with Gasteiger partial charge < -0.3 is 0 Å². The summed E-state index contributed by atoms with van der Waals surface area (Å²) in [5, 5.41) is 7.38. The lowest BCUT2D eigenvalue weighted by Crippen LogP contribution is -1.93. The van der Waals surface area contributed by atoms with E-state index in [1.165, 1.54) is 5.56 Å². The molecule has 0 saturated carbocycles. The SMILES string of the molecule is C=NC(=N)c1ccc(CC)cc1. The number of rotatable bonds is 2. The highest BCUT2D eigenvalue weighted by atomic mass is 14.8. The highest BCUT2D eigenvalue weighted by Crippen LogP contribution is 2.05. The summed E-state index contributed by atoms with van der Waals surface area (Å²) in [6.07, 6.45) is 1.02. The van der Waals surface area contributed by atoms with Gasteiger partial charge in [-0.3, -0.25) is 5.41 Å². The van der Waals surface area contributed by atoms with Crippen LogP contribution in [0.1, 0.15) is 18.1 Å². The molecule has 0 amide bonds. The van der Waals surface area contributed by atoms with Crippen LogP contribution in [0, 0.1) is 5.41 Å². The first-order valence-electron chi connectivity index (χ1n) is 3.92. The van der Waals surface area contributed by atoms with Crippen molar-refractivity contribution in [1.29, 1.82) is 5.41 Å². The van der Waals surface area contributed by atoms with Crippen LogP contribution in [0.2, 0.25) is 0 Å². The summed E-state index contributed by atoms with van der Waals surface area (Å²) in [5.74, 6) is 0.234. The molecule has 0 bridgehead atoms. The minimum atomic E-state index is 0.234. The molecule has 0 heterocycles. The smallest absolute Gasteiger partial charge is 0.151 e. The lowest BCUT2D eigenvalue weighted by atomic mass is 10.1. The van der Waals surface area contributed by atoms with Gasteiger partial charge in [0.1, 0.15) is 0 Å². The van der Waals surface area contributed by atoms with Crippen LogP contribution in [0.3, 0.4) is 0 Å². The monoisotopic (exact) mass is 160 g/mol. The number of hydrogen-bond donors (Lipinski definition) is 1. The molecule has 1 aromatic carbocycles. The maximum atomic E-state index is 7.38. The Morgan fingerprint density at radius 1 is 1.42 bits per heavy atom. The zero-order valence-corrected chi connectivity index (χ0v) is 7.17. The van der Waals surface area contributed by atoms with E-state index in [9.17, 15) is 0 Å². The van der Waals surface area contributed by atoms with E-state index in [1.54, 1.807) is 0 Å². The van der Waals surface area contributed by atoms with Gasteiger partial charge in [-0.25, -0.2) is 4.99 Å². The number of amidine groups is 1. The zero-order chi connectivity index (χ0) is 8.97. The number of hydrogen-bond acceptors (Lipinski definition) is 1. The number of aliphatic imine (C=N–C) groups is 1. The Morgan fingerprint density at radius 3 is 2.42 bits per heavy atom. The van der Waals surface area contributed by atoms with Crippen LogP contribution >= 0.6 is 0 Å². The number of nitrogens with zero attached hydrogens (tertiary/aromatic N) is 1. The third-order valence-electron chi connectivity index (χ3n) is 1.79. The lowest BCUT2D eigenvalue weighted by Gasteiger charge is -1.99. The lowest BCUT2D eigenvalue weighted by molar-refractivity contribution is 1.14. The van der Waals surface area contributed by atoms with E-state index < -0.39 is 0 Å². The zero-order valence-electron chi connectivity index (χ0n) is 7.17. The maximum Gasteiger partial charge on any atom is 0.151 e. The fourth-order valence-electron chi connectivity index (χ4n) is 0.990. The van der Waals surface area contributed by atoms with Crippen molar-refractivity contribution in [3.05, 3.63) is 35.4 Å². The highest BCUT2D eigenvalue weighted by molar-refractivity contribution is 5.98. The van der Waals surface area contributed by atoms with Gasteiger partial charge in [0.2, 0.25) is 0 Å². The summed E-state index contributed by atoms with van der Waals surface area (Å²) in [7, 11) is 0. The number of nitrogens with one attached hydrogen (secondary N) is 1. The maximum absolute atomic E-state index is 7.38. The van der Waals surface area contributed by atoms with Gasteiger partial charge in [0.05, 0.1) is 0 Å². The molecule has 1 rings (SSSR count). The average Bonchev–Trinajstić information content (AvgIpc) is 2.17. The molecule has 0 aliphatic rings. The molecular formula is C10H12N2. The second-order valence-electron chi connectivity index (χ2n) is 2.56. The van der Waals surface area contributed by atoms with Crippen molar-refractivity contribution in [2.75, 3.05) is 0 Å².